The van der Waals surface area contributed by atoms with E-state index in [1.807, 2.05) is 49.4 Å². The van der Waals surface area contributed by atoms with Crippen molar-refractivity contribution in [1.82, 2.24) is 4.57 Å². The number of rotatable bonds is 3. The summed E-state index contributed by atoms with van der Waals surface area (Å²) in [5, 5.41) is 0. The molecule has 0 saturated carbocycles. The molecule has 2 N–H and O–H groups in total. The lowest BCUT2D eigenvalue weighted by atomic mass is 10.2. The third kappa shape index (κ3) is 2.15. The summed E-state index contributed by atoms with van der Waals surface area (Å²) in [6.45, 7) is 2.31. The normalized spacial score (nSPS) is 10.5. The summed E-state index contributed by atoms with van der Waals surface area (Å²) in [5.74, 6) is 0. The van der Waals surface area contributed by atoms with Crippen LogP contribution in [0.25, 0.3) is 5.69 Å². The highest BCUT2D eigenvalue weighted by Gasteiger charge is 2.07. The zero-order chi connectivity index (χ0) is 12.3. The zero-order valence-corrected chi connectivity index (χ0v) is 9.89. The first-order valence-electron chi connectivity index (χ1n) is 5.77. The molecular formula is C14H16N2O. The lowest BCUT2D eigenvalue weighted by molar-refractivity contribution is 0.848. The standard InChI is InChI=1S/C14H16N2O/c1-2-12-9-8-11(10-15)14(17)16(12)13-6-4-3-5-7-13/h3-9H,2,10,15H2,1H3. The van der Waals surface area contributed by atoms with Gasteiger partial charge < -0.3 is 5.73 Å². The number of aryl methyl sites for hydroxylation is 1. The van der Waals surface area contributed by atoms with Gasteiger partial charge in [0.15, 0.2) is 0 Å². The average Bonchev–Trinajstić information content (AvgIpc) is 2.39. The van der Waals surface area contributed by atoms with Gasteiger partial charge in [-0.05, 0) is 24.6 Å². The number of hydrogen-bond donors (Lipinski definition) is 1. The second-order valence-corrected chi connectivity index (χ2v) is 3.88. The van der Waals surface area contributed by atoms with E-state index in [1.54, 1.807) is 4.57 Å². The van der Waals surface area contributed by atoms with Crippen molar-refractivity contribution in [3.8, 4) is 5.69 Å². The van der Waals surface area contributed by atoms with E-state index in [-0.39, 0.29) is 12.1 Å². The van der Waals surface area contributed by atoms with Gasteiger partial charge in [-0.3, -0.25) is 9.36 Å². The van der Waals surface area contributed by atoms with E-state index in [2.05, 4.69) is 0 Å². The van der Waals surface area contributed by atoms with Gasteiger partial charge in [0.05, 0.1) is 0 Å². The summed E-state index contributed by atoms with van der Waals surface area (Å²) >= 11 is 0. The van der Waals surface area contributed by atoms with Crippen LogP contribution in [0.4, 0.5) is 0 Å². The summed E-state index contributed by atoms with van der Waals surface area (Å²) in [6, 6.07) is 13.4. The van der Waals surface area contributed by atoms with Gasteiger partial charge in [0.1, 0.15) is 0 Å². The van der Waals surface area contributed by atoms with Crippen molar-refractivity contribution in [2.75, 3.05) is 0 Å². The van der Waals surface area contributed by atoms with Crippen LogP contribution in [0.3, 0.4) is 0 Å². The second kappa shape index (κ2) is 4.97. The van der Waals surface area contributed by atoms with E-state index in [9.17, 15) is 4.79 Å². The molecule has 0 aliphatic heterocycles. The fraction of sp³-hybridized carbons (Fsp3) is 0.214. The van der Waals surface area contributed by atoms with Crippen LogP contribution in [0.1, 0.15) is 18.2 Å². The zero-order valence-electron chi connectivity index (χ0n) is 9.89. The number of nitrogens with zero attached hydrogens (tertiary/aromatic N) is 1. The third-order valence-electron chi connectivity index (χ3n) is 2.84. The number of benzene rings is 1. The molecule has 1 heterocycles. The van der Waals surface area contributed by atoms with E-state index in [1.165, 1.54) is 0 Å². The van der Waals surface area contributed by atoms with Gasteiger partial charge in [-0.1, -0.05) is 31.2 Å². The molecule has 1 aromatic heterocycles. The highest BCUT2D eigenvalue weighted by molar-refractivity contribution is 5.35. The fourth-order valence-electron chi connectivity index (χ4n) is 1.91. The molecule has 2 aromatic rings. The number of para-hydroxylation sites is 1. The Balaban J connectivity index is 2.70. The van der Waals surface area contributed by atoms with Gasteiger partial charge in [0.25, 0.3) is 5.56 Å². The molecule has 17 heavy (non-hydrogen) atoms. The summed E-state index contributed by atoms with van der Waals surface area (Å²) in [4.78, 5) is 12.3. The number of hydrogen-bond acceptors (Lipinski definition) is 2. The summed E-state index contributed by atoms with van der Waals surface area (Å²) in [5.41, 5.74) is 8.10. The van der Waals surface area contributed by atoms with Crippen LogP contribution < -0.4 is 11.3 Å². The van der Waals surface area contributed by atoms with Crippen LogP contribution in [-0.2, 0) is 13.0 Å². The van der Waals surface area contributed by atoms with Crippen molar-refractivity contribution < 1.29 is 0 Å². The van der Waals surface area contributed by atoms with Crippen molar-refractivity contribution in [3.63, 3.8) is 0 Å². The van der Waals surface area contributed by atoms with Gasteiger partial charge in [0, 0.05) is 23.5 Å². The highest BCUT2D eigenvalue weighted by Crippen LogP contribution is 2.09. The van der Waals surface area contributed by atoms with Gasteiger partial charge >= 0.3 is 0 Å². The summed E-state index contributed by atoms with van der Waals surface area (Å²) < 4.78 is 1.74. The van der Waals surface area contributed by atoms with E-state index < -0.39 is 0 Å². The molecule has 0 aliphatic rings. The summed E-state index contributed by atoms with van der Waals surface area (Å²) in [6.07, 6.45) is 0.814. The van der Waals surface area contributed by atoms with Gasteiger partial charge in [-0.25, -0.2) is 0 Å². The third-order valence-corrected chi connectivity index (χ3v) is 2.84. The highest BCUT2D eigenvalue weighted by atomic mass is 16.1. The minimum absolute atomic E-state index is 0.0157. The predicted octanol–water partition coefficient (Wildman–Crippen LogP) is 1.86. The van der Waals surface area contributed by atoms with Gasteiger partial charge in [-0.15, -0.1) is 0 Å². The monoisotopic (exact) mass is 228 g/mol. The minimum atomic E-state index is -0.0157. The van der Waals surface area contributed by atoms with Crippen LogP contribution in [0.15, 0.2) is 47.3 Å². The number of aromatic nitrogens is 1. The first-order chi connectivity index (χ1) is 8.27. The first kappa shape index (κ1) is 11.6. The molecule has 0 bridgehead atoms. The molecule has 3 nitrogen and oxygen atoms in total. The molecular weight excluding hydrogens is 212 g/mol. The molecule has 0 unspecified atom stereocenters. The molecule has 2 rings (SSSR count). The predicted molar refractivity (Wildman–Crippen MR) is 69.3 cm³/mol. The quantitative estimate of drug-likeness (QED) is 0.871. The molecule has 0 saturated heterocycles. The molecule has 0 aliphatic carbocycles. The Morgan fingerprint density at radius 1 is 1.12 bits per heavy atom. The maximum absolute atomic E-state index is 12.3. The molecule has 3 heteroatoms. The molecule has 0 radical (unpaired) electrons. The van der Waals surface area contributed by atoms with Crippen LogP contribution in [0.2, 0.25) is 0 Å². The van der Waals surface area contributed by atoms with E-state index in [0.717, 1.165) is 17.8 Å². The fourth-order valence-corrected chi connectivity index (χ4v) is 1.91. The van der Waals surface area contributed by atoms with Crippen LogP contribution >= 0.6 is 0 Å². The Labute approximate surface area is 101 Å². The van der Waals surface area contributed by atoms with Crippen LogP contribution in [0, 0.1) is 0 Å². The first-order valence-corrected chi connectivity index (χ1v) is 5.77. The minimum Gasteiger partial charge on any atom is -0.326 e. The van der Waals surface area contributed by atoms with Crippen molar-refractivity contribution >= 4 is 0 Å². The van der Waals surface area contributed by atoms with Gasteiger partial charge in [-0.2, -0.15) is 0 Å². The molecule has 0 atom stereocenters. The number of pyridine rings is 1. The lowest BCUT2D eigenvalue weighted by Crippen LogP contribution is -2.26. The Kier molecular flexibility index (Phi) is 3.40. The Hall–Kier alpha value is -1.87. The number of nitrogens with two attached hydrogens (primary N) is 1. The average molecular weight is 228 g/mol. The second-order valence-electron chi connectivity index (χ2n) is 3.88. The molecule has 88 valence electrons. The van der Waals surface area contributed by atoms with E-state index in [4.69, 9.17) is 5.73 Å². The van der Waals surface area contributed by atoms with Crippen molar-refractivity contribution in [2.24, 2.45) is 5.73 Å². The Bertz CT molecular complexity index is 558. The van der Waals surface area contributed by atoms with Crippen molar-refractivity contribution in [1.29, 1.82) is 0 Å². The largest absolute Gasteiger partial charge is 0.326 e. The Morgan fingerprint density at radius 2 is 1.82 bits per heavy atom. The lowest BCUT2D eigenvalue weighted by Gasteiger charge is -2.12. The molecule has 1 aromatic carbocycles. The van der Waals surface area contributed by atoms with E-state index >= 15 is 0 Å². The Morgan fingerprint density at radius 3 is 2.41 bits per heavy atom. The molecule has 0 fully saturated rings. The van der Waals surface area contributed by atoms with E-state index in [0.29, 0.717) is 5.56 Å². The maximum atomic E-state index is 12.3. The van der Waals surface area contributed by atoms with Gasteiger partial charge in [0.2, 0.25) is 0 Å². The molecule has 0 spiro atoms. The molecule has 0 amide bonds. The van der Waals surface area contributed by atoms with Crippen molar-refractivity contribution in [3.05, 3.63) is 64.1 Å². The van der Waals surface area contributed by atoms with Crippen LogP contribution in [0.5, 0.6) is 0 Å². The maximum Gasteiger partial charge on any atom is 0.259 e. The SMILES string of the molecule is CCc1ccc(CN)c(=O)n1-c1ccccc1. The topological polar surface area (TPSA) is 48.0 Å². The summed E-state index contributed by atoms with van der Waals surface area (Å²) in [7, 11) is 0. The smallest absolute Gasteiger partial charge is 0.259 e. The van der Waals surface area contributed by atoms with Crippen LogP contribution in [-0.4, -0.2) is 4.57 Å². The van der Waals surface area contributed by atoms with Crippen molar-refractivity contribution in [2.45, 2.75) is 19.9 Å².